The summed E-state index contributed by atoms with van der Waals surface area (Å²) in [6.07, 6.45) is 9.49. The van der Waals surface area contributed by atoms with Gasteiger partial charge >= 0.3 is 11.9 Å². The Balaban J connectivity index is 2.28. The molecule has 26 heavy (non-hydrogen) atoms. The first-order valence-corrected chi connectivity index (χ1v) is 8.90. The van der Waals surface area contributed by atoms with Gasteiger partial charge in [0.05, 0.1) is 14.2 Å². The fourth-order valence-electron chi connectivity index (χ4n) is 4.12. The molecular weight excluding hydrogens is 328 g/mol. The number of rotatable bonds is 6. The average Bonchev–Trinajstić information content (AvgIpc) is 3.14. The lowest BCUT2D eigenvalue weighted by Gasteiger charge is -2.12. The molecule has 2 aliphatic rings. The third-order valence-corrected chi connectivity index (χ3v) is 5.67. The SMILES string of the molecule is C=C[C@@H]1C[C@H](/C=C\[C@@H]2C[C@H](C=C)C(C(=O)OC)=C2C)C(C(=O)OC)=C1C. The molecule has 0 aromatic rings. The summed E-state index contributed by atoms with van der Waals surface area (Å²) in [6.45, 7) is 11.7. The first kappa shape index (κ1) is 20.0. The first-order valence-electron chi connectivity index (χ1n) is 8.90. The fourth-order valence-corrected chi connectivity index (χ4v) is 4.12. The molecule has 0 aromatic carbocycles. The van der Waals surface area contributed by atoms with E-state index in [0.717, 1.165) is 29.6 Å². The number of ether oxygens (including phenoxy) is 2. The number of allylic oxidation sites excluding steroid dienone is 6. The van der Waals surface area contributed by atoms with Crippen molar-refractivity contribution >= 4 is 11.9 Å². The molecule has 0 aliphatic heterocycles. The highest BCUT2D eigenvalue weighted by atomic mass is 16.5. The van der Waals surface area contributed by atoms with E-state index in [-0.39, 0.29) is 35.6 Å². The van der Waals surface area contributed by atoms with Crippen molar-refractivity contribution < 1.29 is 19.1 Å². The smallest absolute Gasteiger partial charge is 0.334 e. The third-order valence-electron chi connectivity index (χ3n) is 5.67. The molecule has 0 radical (unpaired) electrons. The molecule has 0 unspecified atom stereocenters. The van der Waals surface area contributed by atoms with Gasteiger partial charge in [0.1, 0.15) is 0 Å². The second kappa shape index (κ2) is 8.35. The van der Waals surface area contributed by atoms with Crippen molar-refractivity contribution in [1.29, 1.82) is 0 Å². The zero-order chi connectivity index (χ0) is 19.4. The van der Waals surface area contributed by atoms with Gasteiger partial charge in [-0.1, -0.05) is 35.5 Å². The minimum absolute atomic E-state index is 0.000965. The van der Waals surface area contributed by atoms with Crippen molar-refractivity contribution in [3.8, 4) is 0 Å². The summed E-state index contributed by atoms with van der Waals surface area (Å²) in [5.41, 5.74) is 3.46. The number of hydrogen-bond acceptors (Lipinski definition) is 4. The molecule has 0 saturated heterocycles. The van der Waals surface area contributed by atoms with Crippen LogP contribution >= 0.6 is 0 Å². The first-order chi connectivity index (χ1) is 12.4. The van der Waals surface area contributed by atoms with Gasteiger partial charge in [0.25, 0.3) is 0 Å². The van der Waals surface area contributed by atoms with Crippen LogP contribution in [0.25, 0.3) is 0 Å². The Morgan fingerprint density at radius 2 is 1.23 bits per heavy atom. The lowest BCUT2D eigenvalue weighted by atomic mass is 9.94. The number of carbonyl (C=O) groups excluding carboxylic acids is 2. The maximum Gasteiger partial charge on any atom is 0.334 e. The molecule has 2 aliphatic carbocycles. The molecule has 4 atom stereocenters. The van der Waals surface area contributed by atoms with Gasteiger partial charge in [0.2, 0.25) is 0 Å². The Labute approximate surface area is 155 Å². The molecule has 0 bridgehead atoms. The Bertz CT molecular complexity index is 708. The summed E-state index contributed by atoms with van der Waals surface area (Å²) in [5, 5.41) is 0. The highest BCUT2D eigenvalue weighted by Crippen LogP contribution is 2.42. The van der Waals surface area contributed by atoms with Crippen molar-refractivity contribution in [3.63, 3.8) is 0 Å². The van der Waals surface area contributed by atoms with Gasteiger partial charge in [0, 0.05) is 23.0 Å². The van der Waals surface area contributed by atoms with Gasteiger partial charge < -0.3 is 9.47 Å². The van der Waals surface area contributed by atoms with Crippen LogP contribution in [0.1, 0.15) is 26.7 Å². The second-order valence-corrected chi connectivity index (χ2v) is 6.93. The average molecular weight is 356 g/mol. The number of methoxy groups -OCH3 is 2. The predicted octanol–water partition coefficient (Wildman–Crippen LogP) is 4.17. The van der Waals surface area contributed by atoms with Crippen LogP contribution in [-0.4, -0.2) is 26.2 Å². The Morgan fingerprint density at radius 1 is 0.808 bits per heavy atom. The van der Waals surface area contributed by atoms with E-state index in [1.807, 2.05) is 19.9 Å². The van der Waals surface area contributed by atoms with E-state index in [9.17, 15) is 9.59 Å². The van der Waals surface area contributed by atoms with Crippen LogP contribution in [0.5, 0.6) is 0 Å². The standard InChI is InChI=1S/C22H28O4/c1-7-15-11-18(20(13(15)3)22(24)26-6)10-9-17-12-16(8-2)19(14(17)4)21(23)25-5/h7-10,15-18H,1-2,11-12H2,3-6H3/b10-9-/t15-,16+,17-,18+/m1/s1. The third kappa shape index (κ3) is 3.59. The van der Waals surface area contributed by atoms with E-state index in [4.69, 9.17) is 9.47 Å². The summed E-state index contributed by atoms with van der Waals surface area (Å²) in [6, 6.07) is 0. The van der Waals surface area contributed by atoms with Gasteiger partial charge in [-0.15, -0.1) is 13.2 Å². The van der Waals surface area contributed by atoms with Crippen molar-refractivity contribution in [2.75, 3.05) is 14.2 Å². The lowest BCUT2D eigenvalue weighted by Crippen LogP contribution is -2.11. The zero-order valence-corrected chi connectivity index (χ0v) is 16.1. The molecule has 0 amide bonds. The van der Waals surface area contributed by atoms with Gasteiger partial charge in [-0.25, -0.2) is 9.59 Å². The van der Waals surface area contributed by atoms with E-state index in [2.05, 4.69) is 25.3 Å². The van der Waals surface area contributed by atoms with E-state index in [0.29, 0.717) is 5.57 Å². The molecule has 2 rings (SSSR count). The van der Waals surface area contributed by atoms with Gasteiger partial charge in [-0.2, -0.15) is 0 Å². The quantitative estimate of drug-likeness (QED) is 0.529. The van der Waals surface area contributed by atoms with Crippen LogP contribution in [0, 0.1) is 23.7 Å². The maximum absolute atomic E-state index is 12.2. The van der Waals surface area contributed by atoms with E-state index >= 15 is 0 Å². The van der Waals surface area contributed by atoms with Gasteiger partial charge in [0.15, 0.2) is 0 Å². The molecule has 140 valence electrons. The van der Waals surface area contributed by atoms with E-state index in [1.165, 1.54) is 14.2 Å². The normalized spacial score (nSPS) is 28.6. The molecule has 4 nitrogen and oxygen atoms in total. The van der Waals surface area contributed by atoms with Crippen LogP contribution < -0.4 is 0 Å². The number of hydrogen-bond donors (Lipinski definition) is 0. The van der Waals surface area contributed by atoms with Crippen molar-refractivity contribution in [2.45, 2.75) is 26.7 Å². The molecule has 0 fully saturated rings. The van der Waals surface area contributed by atoms with Crippen LogP contribution in [0.2, 0.25) is 0 Å². The number of esters is 2. The largest absolute Gasteiger partial charge is 0.466 e. The molecule has 0 aromatic heterocycles. The molecular formula is C22H28O4. The topological polar surface area (TPSA) is 52.6 Å². The van der Waals surface area contributed by atoms with Crippen LogP contribution in [0.4, 0.5) is 0 Å². The summed E-state index contributed by atoms with van der Waals surface area (Å²) >= 11 is 0. The fraction of sp³-hybridized carbons (Fsp3) is 0.455. The van der Waals surface area contributed by atoms with Crippen molar-refractivity contribution in [3.05, 3.63) is 59.8 Å². The van der Waals surface area contributed by atoms with Gasteiger partial charge in [-0.3, -0.25) is 0 Å². The Morgan fingerprint density at radius 3 is 1.73 bits per heavy atom. The molecule has 0 saturated carbocycles. The Hall–Kier alpha value is -2.36. The zero-order valence-electron chi connectivity index (χ0n) is 16.1. The second-order valence-electron chi connectivity index (χ2n) is 6.93. The van der Waals surface area contributed by atoms with E-state index in [1.54, 1.807) is 6.08 Å². The Kier molecular flexibility index (Phi) is 6.41. The van der Waals surface area contributed by atoms with Crippen LogP contribution in [-0.2, 0) is 19.1 Å². The summed E-state index contributed by atoms with van der Waals surface area (Å²) in [4.78, 5) is 24.3. The van der Waals surface area contributed by atoms with Crippen molar-refractivity contribution in [2.24, 2.45) is 23.7 Å². The predicted molar refractivity (Wildman–Crippen MR) is 102 cm³/mol. The molecule has 4 heteroatoms. The maximum atomic E-state index is 12.2. The summed E-state index contributed by atoms with van der Waals surface area (Å²) < 4.78 is 9.89. The minimum Gasteiger partial charge on any atom is -0.466 e. The van der Waals surface area contributed by atoms with E-state index < -0.39 is 0 Å². The highest BCUT2D eigenvalue weighted by Gasteiger charge is 2.35. The monoisotopic (exact) mass is 356 g/mol. The van der Waals surface area contributed by atoms with Crippen LogP contribution in [0.3, 0.4) is 0 Å². The number of carbonyl (C=O) groups is 2. The van der Waals surface area contributed by atoms with Crippen molar-refractivity contribution in [1.82, 2.24) is 0 Å². The van der Waals surface area contributed by atoms with Gasteiger partial charge in [-0.05, 0) is 38.5 Å². The summed E-state index contributed by atoms with van der Waals surface area (Å²) in [7, 11) is 2.81. The van der Waals surface area contributed by atoms with Crippen LogP contribution in [0.15, 0.2) is 59.8 Å². The molecule has 0 spiro atoms. The lowest BCUT2D eigenvalue weighted by molar-refractivity contribution is -0.137. The summed E-state index contributed by atoms with van der Waals surface area (Å²) in [5.74, 6) is -0.248. The molecule has 0 N–H and O–H groups in total. The highest BCUT2D eigenvalue weighted by molar-refractivity contribution is 5.92. The minimum atomic E-state index is -0.290. The molecule has 0 heterocycles.